The third-order valence-corrected chi connectivity index (χ3v) is 2.54. The number of hydrogen-bond donors (Lipinski definition) is 0. The Balaban J connectivity index is 2.72. The van der Waals surface area contributed by atoms with Crippen molar-refractivity contribution in [3.8, 4) is 0 Å². The first-order valence-electron chi connectivity index (χ1n) is 4.17. The molecule has 1 aromatic carbocycles. The van der Waals surface area contributed by atoms with Crippen molar-refractivity contribution in [2.75, 3.05) is 0 Å². The summed E-state index contributed by atoms with van der Waals surface area (Å²) >= 11 is 3.41. The van der Waals surface area contributed by atoms with Crippen LogP contribution in [0.15, 0.2) is 34.9 Å². The maximum Gasteiger partial charge on any atom is 0.240 e. The van der Waals surface area contributed by atoms with Crippen LogP contribution in [0, 0.1) is 6.57 Å². The zero-order chi connectivity index (χ0) is 9.97. The van der Waals surface area contributed by atoms with Crippen LogP contribution in [0.2, 0.25) is 0 Å². The number of nitrogens with zero attached hydrogens (tertiary/aromatic N) is 2. The predicted molar refractivity (Wildman–Crippen MR) is 59.7 cm³/mol. The van der Waals surface area contributed by atoms with Gasteiger partial charge in [0.05, 0.1) is 5.52 Å². The Labute approximate surface area is 90.5 Å². The first-order valence-corrected chi connectivity index (χ1v) is 4.97. The molecule has 0 unspecified atom stereocenters. The normalized spacial score (nSPS) is 10.0. The van der Waals surface area contributed by atoms with Gasteiger partial charge in [0.25, 0.3) is 0 Å². The second kappa shape index (κ2) is 3.77. The number of halogens is 1. The van der Waals surface area contributed by atoms with Gasteiger partial charge in [-0.05, 0) is 24.3 Å². The highest BCUT2D eigenvalue weighted by atomic mass is 79.9. The summed E-state index contributed by atoms with van der Waals surface area (Å²) in [6.07, 6.45) is 1.75. The summed E-state index contributed by atoms with van der Waals surface area (Å²) < 4.78 is 1.02. The second-order valence-electron chi connectivity index (χ2n) is 2.95. The zero-order valence-electron chi connectivity index (χ0n) is 7.37. The summed E-state index contributed by atoms with van der Waals surface area (Å²) in [7, 11) is 0. The van der Waals surface area contributed by atoms with Crippen molar-refractivity contribution < 1.29 is 0 Å². The Morgan fingerprint density at radius 1 is 1.36 bits per heavy atom. The first kappa shape index (κ1) is 9.17. The van der Waals surface area contributed by atoms with E-state index in [9.17, 15) is 0 Å². The lowest BCUT2D eigenvalue weighted by Crippen LogP contribution is -1.85. The monoisotopic (exact) mass is 246 g/mol. The molecule has 2 rings (SSSR count). The van der Waals surface area contributed by atoms with Crippen LogP contribution < -0.4 is 0 Å². The molecule has 14 heavy (non-hydrogen) atoms. The van der Waals surface area contributed by atoms with E-state index in [0.717, 1.165) is 20.9 Å². The third kappa shape index (κ3) is 1.61. The SMILES string of the molecule is [C-]#[N+]Cc1ccnc2ccc(Br)cc12. The van der Waals surface area contributed by atoms with Crippen LogP contribution >= 0.6 is 15.9 Å². The van der Waals surface area contributed by atoms with E-state index >= 15 is 0 Å². The maximum atomic E-state index is 6.86. The average molecular weight is 247 g/mol. The van der Waals surface area contributed by atoms with Gasteiger partial charge < -0.3 is 4.85 Å². The van der Waals surface area contributed by atoms with Crippen LogP contribution in [0.4, 0.5) is 0 Å². The minimum atomic E-state index is 0.412. The van der Waals surface area contributed by atoms with E-state index in [1.54, 1.807) is 6.20 Å². The highest BCUT2D eigenvalue weighted by Gasteiger charge is 2.03. The smallest absolute Gasteiger partial charge is 0.240 e. The molecule has 0 amide bonds. The number of benzene rings is 1. The van der Waals surface area contributed by atoms with E-state index in [1.807, 2.05) is 24.3 Å². The number of aromatic nitrogens is 1. The first-order chi connectivity index (χ1) is 6.81. The molecule has 0 atom stereocenters. The molecule has 0 saturated heterocycles. The molecule has 1 heterocycles. The van der Waals surface area contributed by atoms with E-state index in [4.69, 9.17) is 6.57 Å². The van der Waals surface area contributed by atoms with E-state index in [0.29, 0.717) is 6.54 Å². The summed E-state index contributed by atoms with van der Waals surface area (Å²) in [6, 6.07) is 7.81. The van der Waals surface area contributed by atoms with Gasteiger partial charge in [-0.1, -0.05) is 15.9 Å². The average Bonchev–Trinajstić information content (AvgIpc) is 2.19. The molecule has 0 saturated carbocycles. The molecule has 0 spiro atoms. The van der Waals surface area contributed by atoms with Crippen molar-refractivity contribution >= 4 is 26.8 Å². The number of rotatable bonds is 1. The van der Waals surface area contributed by atoms with E-state index in [-0.39, 0.29) is 0 Å². The molecule has 68 valence electrons. The molecular weight excluding hydrogens is 240 g/mol. The van der Waals surface area contributed by atoms with Crippen LogP contribution in [0.25, 0.3) is 15.7 Å². The number of fused-ring (bicyclic) bond motifs is 1. The van der Waals surface area contributed by atoms with Gasteiger partial charge in [0.15, 0.2) is 0 Å². The molecule has 0 radical (unpaired) electrons. The van der Waals surface area contributed by atoms with Crippen LogP contribution in [0.3, 0.4) is 0 Å². The fraction of sp³-hybridized carbons (Fsp3) is 0.0909. The largest absolute Gasteiger partial charge is 0.312 e. The Kier molecular flexibility index (Phi) is 2.47. The van der Waals surface area contributed by atoms with E-state index in [2.05, 4.69) is 25.8 Å². The van der Waals surface area contributed by atoms with Gasteiger partial charge in [-0.3, -0.25) is 4.98 Å². The Morgan fingerprint density at radius 3 is 3.00 bits per heavy atom. The third-order valence-electron chi connectivity index (χ3n) is 2.04. The van der Waals surface area contributed by atoms with Crippen molar-refractivity contribution in [1.82, 2.24) is 4.98 Å². The molecule has 0 aliphatic rings. The second-order valence-corrected chi connectivity index (χ2v) is 3.86. The minimum absolute atomic E-state index is 0.412. The van der Waals surface area contributed by atoms with Crippen LogP contribution in [-0.4, -0.2) is 4.98 Å². The molecular formula is C11H7BrN2. The molecule has 0 bridgehead atoms. The van der Waals surface area contributed by atoms with Crippen LogP contribution in [0.5, 0.6) is 0 Å². The van der Waals surface area contributed by atoms with Gasteiger partial charge in [0.2, 0.25) is 6.54 Å². The lowest BCUT2D eigenvalue weighted by atomic mass is 10.1. The highest BCUT2D eigenvalue weighted by molar-refractivity contribution is 9.10. The number of pyridine rings is 1. The highest BCUT2D eigenvalue weighted by Crippen LogP contribution is 2.21. The van der Waals surface area contributed by atoms with Crippen molar-refractivity contribution in [1.29, 1.82) is 0 Å². The maximum absolute atomic E-state index is 6.86. The quantitative estimate of drug-likeness (QED) is 0.706. The van der Waals surface area contributed by atoms with Gasteiger partial charge in [-0.25, -0.2) is 6.57 Å². The van der Waals surface area contributed by atoms with Crippen LogP contribution in [0.1, 0.15) is 5.56 Å². The fourth-order valence-electron chi connectivity index (χ4n) is 1.40. The molecule has 1 aromatic heterocycles. The Morgan fingerprint density at radius 2 is 2.21 bits per heavy atom. The van der Waals surface area contributed by atoms with Gasteiger partial charge in [-0.15, -0.1) is 0 Å². The molecule has 2 nitrogen and oxygen atoms in total. The molecule has 3 heteroatoms. The van der Waals surface area contributed by atoms with Crippen molar-refractivity contribution in [2.24, 2.45) is 0 Å². The van der Waals surface area contributed by atoms with Crippen LogP contribution in [-0.2, 0) is 6.54 Å². The van der Waals surface area contributed by atoms with E-state index < -0.39 is 0 Å². The Bertz CT molecular complexity index is 514. The molecule has 2 aromatic rings. The fourth-order valence-corrected chi connectivity index (χ4v) is 1.76. The van der Waals surface area contributed by atoms with Crippen molar-refractivity contribution in [2.45, 2.75) is 6.54 Å². The zero-order valence-corrected chi connectivity index (χ0v) is 8.95. The Hall–Kier alpha value is -1.40. The van der Waals surface area contributed by atoms with Crippen molar-refractivity contribution in [3.63, 3.8) is 0 Å². The topological polar surface area (TPSA) is 17.2 Å². The summed E-state index contributed by atoms with van der Waals surface area (Å²) in [5.74, 6) is 0. The summed E-state index contributed by atoms with van der Waals surface area (Å²) in [4.78, 5) is 7.63. The van der Waals surface area contributed by atoms with Crippen molar-refractivity contribution in [3.05, 3.63) is 51.9 Å². The summed E-state index contributed by atoms with van der Waals surface area (Å²) in [6.45, 7) is 7.27. The molecule has 0 aliphatic heterocycles. The van der Waals surface area contributed by atoms with Gasteiger partial charge in [-0.2, -0.15) is 0 Å². The summed E-state index contributed by atoms with van der Waals surface area (Å²) in [5, 5.41) is 1.05. The lowest BCUT2D eigenvalue weighted by molar-refractivity contribution is 1.26. The van der Waals surface area contributed by atoms with Gasteiger partial charge in [0.1, 0.15) is 0 Å². The predicted octanol–water partition coefficient (Wildman–Crippen LogP) is 3.42. The summed E-state index contributed by atoms with van der Waals surface area (Å²) in [5.41, 5.74) is 1.97. The van der Waals surface area contributed by atoms with E-state index in [1.165, 1.54) is 0 Å². The lowest BCUT2D eigenvalue weighted by Gasteiger charge is -2.00. The standard InChI is InChI=1S/C11H7BrN2/c1-13-7-8-4-5-14-11-3-2-9(12)6-10(8)11/h2-6H,7H2. The number of hydrogen-bond acceptors (Lipinski definition) is 1. The minimum Gasteiger partial charge on any atom is -0.312 e. The van der Waals surface area contributed by atoms with Gasteiger partial charge >= 0.3 is 0 Å². The molecule has 0 N–H and O–H groups in total. The van der Waals surface area contributed by atoms with Gasteiger partial charge in [0, 0.05) is 21.6 Å². The molecule has 0 aliphatic carbocycles. The molecule has 0 fully saturated rings.